The summed E-state index contributed by atoms with van der Waals surface area (Å²) in [4.78, 5) is 0. The fraction of sp³-hybridized carbons (Fsp3) is 0.500. The minimum atomic E-state index is -0.375. The van der Waals surface area contributed by atoms with Crippen LogP contribution in [0.25, 0.3) is 0 Å². The van der Waals surface area contributed by atoms with Crippen molar-refractivity contribution in [3.63, 3.8) is 0 Å². The third kappa shape index (κ3) is 2.03. The molecule has 2 aliphatic rings. The molecule has 0 radical (unpaired) electrons. The van der Waals surface area contributed by atoms with E-state index >= 15 is 0 Å². The summed E-state index contributed by atoms with van der Waals surface area (Å²) in [5.41, 5.74) is 3.95. The van der Waals surface area contributed by atoms with Gasteiger partial charge in [-0.15, -0.1) is 0 Å². The molecule has 2 aromatic rings. The average molecular weight is 282 g/mol. The molecule has 0 saturated heterocycles. The molecule has 4 atom stereocenters. The minimum absolute atomic E-state index is 0.375. The molecule has 4 rings (SSSR count). The van der Waals surface area contributed by atoms with E-state index in [0.29, 0.717) is 17.8 Å². The summed E-state index contributed by atoms with van der Waals surface area (Å²) in [5, 5.41) is 15.2. The molecule has 110 valence electrons. The Morgan fingerprint density at radius 2 is 2.19 bits per heavy atom. The summed E-state index contributed by atoms with van der Waals surface area (Å²) < 4.78 is 1.97. The molecule has 1 heterocycles. The van der Waals surface area contributed by atoms with Crippen molar-refractivity contribution < 1.29 is 5.11 Å². The Labute approximate surface area is 125 Å². The van der Waals surface area contributed by atoms with Crippen LogP contribution >= 0.6 is 0 Å². The van der Waals surface area contributed by atoms with Gasteiger partial charge in [0.1, 0.15) is 0 Å². The van der Waals surface area contributed by atoms with E-state index in [2.05, 4.69) is 36.3 Å². The summed E-state index contributed by atoms with van der Waals surface area (Å²) in [6, 6.07) is 10.7. The van der Waals surface area contributed by atoms with Crippen molar-refractivity contribution in [3.05, 3.63) is 53.3 Å². The molecule has 1 saturated carbocycles. The van der Waals surface area contributed by atoms with Crippen molar-refractivity contribution in [2.75, 3.05) is 0 Å². The maximum absolute atomic E-state index is 10.9. The van der Waals surface area contributed by atoms with Gasteiger partial charge in [-0.2, -0.15) is 5.10 Å². The molecule has 3 nitrogen and oxygen atoms in total. The highest BCUT2D eigenvalue weighted by Crippen LogP contribution is 2.64. The fourth-order valence-electron chi connectivity index (χ4n) is 4.24. The molecule has 4 unspecified atom stereocenters. The molecule has 2 aliphatic carbocycles. The molecule has 0 spiro atoms. The standard InChI is InChI=1S/C18H22N2O/c1-2-11-20-15(9-10-19-20)18(21)17-14-8-7-12-5-3-4-6-13(12)16(14)17/h3-6,9-10,14,16-18,21H,2,7-8,11H2,1H3. The monoisotopic (exact) mass is 282 g/mol. The Hall–Kier alpha value is -1.61. The number of nitrogens with zero attached hydrogens (tertiary/aromatic N) is 2. The van der Waals surface area contributed by atoms with E-state index in [-0.39, 0.29) is 6.10 Å². The average Bonchev–Trinajstić information content (AvgIpc) is 3.09. The number of aliphatic hydroxyl groups excluding tert-OH is 1. The maximum Gasteiger partial charge on any atom is 0.0993 e. The summed E-state index contributed by atoms with van der Waals surface area (Å²) in [6.45, 7) is 3.03. The van der Waals surface area contributed by atoms with Crippen LogP contribution < -0.4 is 0 Å². The lowest BCUT2D eigenvalue weighted by molar-refractivity contribution is 0.134. The fourth-order valence-corrected chi connectivity index (χ4v) is 4.24. The molecule has 1 fully saturated rings. The second kappa shape index (κ2) is 4.99. The van der Waals surface area contributed by atoms with Crippen LogP contribution in [0.15, 0.2) is 36.5 Å². The van der Waals surface area contributed by atoms with E-state index in [1.165, 1.54) is 17.5 Å². The van der Waals surface area contributed by atoms with Gasteiger partial charge < -0.3 is 5.11 Å². The van der Waals surface area contributed by atoms with Crippen LogP contribution in [0, 0.1) is 11.8 Å². The second-order valence-corrected chi connectivity index (χ2v) is 6.43. The summed E-state index contributed by atoms with van der Waals surface area (Å²) in [5.74, 6) is 1.58. The van der Waals surface area contributed by atoms with Gasteiger partial charge in [-0.05, 0) is 48.3 Å². The van der Waals surface area contributed by atoms with Gasteiger partial charge >= 0.3 is 0 Å². The normalized spacial score (nSPS) is 27.8. The number of aryl methyl sites for hydroxylation is 2. The van der Waals surface area contributed by atoms with Crippen molar-refractivity contribution in [2.45, 2.75) is 44.8 Å². The molecule has 3 heteroatoms. The SMILES string of the molecule is CCCn1nccc1C(O)C1C2CCc3ccccc3C21. The Kier molecular flexibility index (Phi) is 3.11. The van der Waals surface area contributed by atoms with Crippen molar-refractivity contribution in [2.24, 2.45) is 11.8 Å². The van der Waals surface area contributed by atoms with Crippen LogP contribution in [-0.4, -0.2) is 14.9 Å². The largest absolute Gasteiger partial charge is 0.386 e. The molecule has 1 N–H and O–H groups in total. The number of hydrogen-bond donors (Lipinski definition) is 1. The van der Waals surface area contributed by atoms with Crippen LogP contribution in [0.3, 0.4) is 0 Å². The third-order valence-corrected chi connectivity index (χ3v) is 5.24. The van der Waals surface area contributed by atoms with Gasteiger partial charge in [0.05, 0.1) is 11.8 Å². The van der Waals surface area contributed by atoms with Gasteiger partial charge in [0.2, 0.25) is 0 Å². The zero-order valence-electron chi connectivity index (χ0n) is 12.4. The quantitative estimate of drug-likeness (QED) is 0.934. The van der Waals surface area contributed by atoms with Crippen molar-refractivity contribution >= 4 is 0 Å². The van der Waals surface area contributed by atoms with Crippen LogP contribution in [0.4, 0.5) is 0 Å². The highest BCUT2D eigenvalue weighted by molar-refractivity contribution is 5.40. The maximum atomic E-state index is 10.9. The predicted molar refractivity (Wildman–Crippen MR) is 82.0 cm³/mol. The van der Waals surface area contributed by atoms with E-state index in [4.69, 9.17) is 0 Å². The molecule has 1 aromatic carbocycles. The number of hydrogen-bond acceptors (Lipinski definition) is 2. The van der Waals surface area contributed by atoms with Crippen molar-refractivity contribution in [1.29, 1.82) is 0 Å². The van der Waals surface area contributed by atoms with E-state index < -0.39 is 0 Å². The molecule has 0 amide bonds. The zero-order chi connectivity index (χ0) is 14.4. The van der Waals surface area contributed by atoms with Gasteiger partial charge in [-0.1, -0.05) is 31.2 Å². The molecule has 21 heavy (non-hydrogen) atoms. The smallest absolute Gasteiger partial charge is 0.0993 e. The number of benzene rings is 1. The Morgan fingerprint density at radius 3 is 3.05 bits per heavy atom. The number of aromatic nitrogens is 2. The van der Waals surface area contributed by atoms with Crippen LogP contribution in [-0.2, 0) is 13.0 Å². The van der Waals surface area contributed by atoms with Crippen molar-refractivity contribution in [1.82, 2.24) is 9.78 Å². The first-order chi connectivity index (χ1) is 10.3. The topological polar surface area (TPSA) is 38.0 Å². The highest BCUT2D eigenvalue weighted by atomic mass is 16.3. The lowest BCUT2D eigenvalue weighted by Crippen LogP contribution is -2.11. The molecule has 0 bridgehead atoms. The van der Waals surface area contributed by atoms with E-state index in [0.717, 1.165) is 25.1 Å². The highest BCUT2D eigenvalue weighted by Gasteiger charge is 2.56. The lowest BCUT2D eigenvalue weighted by Gasteiger charge is -2.14. The molecular weight excluding hydrogens is 260 g/mol. The van der Waals surface area contributed by atoms with Gasteiger partial charge in [0, 0.05) is 18.7 Å². The minimum Gasteiger partial charge on any atom is -0.386 e. The first kappa shape index (κ1) is 13.1. The number of fused-ring (bicyclic) bond motifs is 3. The van der Waals surface area contributed by atoms with E-state index in [1.807, 2.05) is 16.9 Å². The zero-order valence-corrected chi connectivity index (χ0v) is 12.4. The lowest BCUT2D eigenvalue weighted by atomic mass is 9.92. The van der Waals surface area contributed by atoms with E-state index in [9.17, 15) is 5.11 Å². The van der Waals surface area contributed by atoms with Crippen LogP contribution in [0.5, 0.6) is 0 Å². The first-order valence-corrected chi connectivity index (χ1v) is 8.09. The van der Waals surface area contributed by atoms with Gasteiger partial charge in [-0.25, -0.2) is 0 Å². The summed E-state index contributed by atoms with van der Waals surface area (Å²) in [6.07, 6.45) is 4.86. The van der Waals surface area contributed by atoms with Crippen LogP contribution in [0.1, 0.15) is 48.6 Å². The third-order valence-electron chi connectivity index (χ3n) is 5.24. The summed E-state index contributed by atoms with van der Waals surface area (Å²) in [7, 11) is 0. The van der Waals surface area contributed by atoms with Gasteiger partial charge in [-0.3, -0.25) is 4.68 Å². The second-order valence-electron chi connectivity index (χ2n) is 6.43. The number of rotatable bonds is 4. The first-order valence-electron chi connectivity index (χ1n) is 8.09. The molecule has 1 aromatic heterocycles. The predicted octanol–water partition coefficient (Wildman–Crippen LogP) is 3.30. The number of aliphatic hydroxyl groups is 1. The van der Waals surface area contributed by atoms with Gasteiger partial charge in [0.25, 0.3) is 0 Å². The molecular formula is C18H22N2O. The van der Waals surface area contributed by atoms with Crippen molar-refractivity contribution in [3.8, 4) is 0 Å². The Bertz CT molecular complexity index is 648. The van der Waals surface area contributed by atoms with Crippen LogP contribution in [0.2, 0.25) is 0 Å². The Balaban J connectivity index is 1.60. The Morgan fingerprint density at radius 1 is 1.33 bits per heavy atom. The summed E-state index contributed by atoms with van der Waals surface area (Å²) >= 11 is 0. The van der Waals surface area contributed by atoms with E-state index in [1.54, 1.807) is 0 Å². The van der Waals surface area contributed by atoms with Gasteiger partial charge in [0.15, 0.2) is 0 Å². The molecule has 0 aliphatic heterocycles.